The minimum absolute atomic E-state index is 0.0495. The standard InChI is InChI=1S/C23H20FN3O4/c1-3-30-23(29)17-12-27-13(2)25-31-22-19(27)16(21(17)28)10-18(24)20(22)26-9-8-14-6-4-5-7-15(14)11-26/h4-7,10,12H,3,8-9,11H2,1-2H3. The Kier molecular flexibility index (Phi) is 4.50. The summed E-state index contributed by atoms with van der Waals surface area (Å²) < 4.78 is 22.0. The molecule has 3 heterocycles. The molecule has 0 saturated heterocycles. The molecule has 2 aromatic carbocycles. The molecule has 0 N–H and O–H groups in total. The molecule has 3 aromatic rings. The van der Waals surface area contributed by atoms with Crippen LogP contribution in [-0.4, -0.2) is 29.5 Å². The number of rotatable bonds is 3. The average molecular weight is 421 g/mol. The summed E-state index contributed by atoms with van der Waals surface area (Å²) in [5.41, 5.74) is 2.23. The van der Waals surface area contributed by atoms with Crippen molar-refractivity contribution in [2.24, 2.45) is 5.16 Å². The Labute approximate surface area is 177 Å². The van der Waals surface area contributed by atoms with Crippen molar-refractivity contribution >= 4 is 28.4 Å². The lowest BCUT2D eigenvalue weighted by molar-refractivity contribution is 0.0524. The van der Waals surface area contributed by atoms with Gasteiger partial charge in [-0.05, 0) is 37.5 Å². The first-order valence-electron chi connectivity index (χ1n) is 10.1. The Morgan fingerprint density at radius 1 is 1.29 bits per heavy atom. The molecular weight excluding hydrogens is 401 g/mol. The zero-order valence-electron chi connectivity index (χ0n) is 17.1. The summed E-state index contributed by atoms with van der Waals surface area (Å²) in [6.07, 6.45) is 2.16. The Morgan fingerprint density at radius 2 is 2.06 bits per heavy atom. The van der Waals surface area contributed by atoms with Crippen molar-refractivity contribution in [2.45, 2.75) is 26.8 Å². The maximum absolute atomic E-state index is 15.4. The van der Waals surface area contributed by atoms with Crippen LogP contribution < -0.4 is 15.2 Å². The molecule has 8 heteroatoms. The maximum Gasteiger partial charge on any atom is 0.343 e. The van der Waals surface area contributed by atoms with Gasteiger partial charge in [-0.3, -0.25) is 9.36 Å². The van der Waals surface area contributed by atoms with Crippen molar-refractivity contribution in [1.82, 2.24) is 4.57 Å². The van der Waals surface area contributed by atoms with Gasteiger partial charge in [0.15, 0.2) is 11.7 Å². The van der Waals surface area contributed by atoms with Gasteiger partial charge in [0, 0.05) is 19.3 Å². The van der Waals surface area contributed by atoms with Gasteiger partial charge in [0.2, 0.25) is 11.2 Å². The van der Waals surface area contributed by atoms with Gasteiger partial charge >= 0.3 is 5.97 Å². The number of fused-ring (bicyclic) bond motifs is 1. The number of ether oxygens (including phenoxy) is 1. The predicted molar refractivity (Wildman–Crippen MR) is 114 cm³/mol. The zero-order chi connectivity index (χ0) is 21.7. The van der Waals surface area contributed by atoms with E-state index >= 15 is 4.39 Å². The van der Waals surface area contributed by atoms with Crippen LogP contribution in [0.15, 0.2) is 46.5 Å². The molecule has 1 aromatic heterocycles. The van der Waals surface area contributed by atoms with Crippen LogP contribution in [0.1, 0.15) is 35.3 Å². The number of halogens is 1. The van der Waals surface area contributed by atoms with E-state index in [1.807, 2.05) is 23.1 Å². The van der Waals surface area contributed by atoms with Crippen LogP contribution in [0.3, 0.4) is 0 Å². The highest BCUT2D eigenvalue weighted by molar-refractivity contribution is 6.03. The third-order valence-corrected chi connectivity index (χ3v) is 5.73. The van der Waals surface area contributed by atoms with Gasteiger partial charge in [0.05, 0.1) is 12.0 Å². The van der Waals surface area contributed by atoms with Crippen molar-refractivity contribution in [1.29, 1.82) is 0 Å². The Hall–Kier alpha value is -3.68. The lowest BCUT2D eigenvalue weighted by Crippen LogP contribution is -2.32. The first kappa shape index (κ1) is 19.3. The summed E-state index contributed by atoms with van der Waals surface area (Å²) in [7, 11) is 0. The molecule has 2 aliphatic heterocycles. The molecule has 0 unspecified atom stereocenters. The smallest absolute Gasteiger partial charge is 0.343 e. The van der Waals surface area contributed by atoms with E-state index in [1.165, 1.54) is 17.8 Å². The summed E-state index contributed by atoms with van der Waals surface area (Å²) in [5, 5.41) is 4.09. The quantitative estimate of drug-likeness (QED) is 0.606. The molecule has 0 fully saturated rings. The van der Waals surface area contributed by atoms with Gasteiger partial charge in [-0.25, -0.2) is 9.18 Å². The molecule has 0 atom stereocenters. The summed E-state index contributed by atoms with van der Waals surface area (Å²) in [6, 6.07) is 9.23. The Bertz CT molecular complexity index is 1330. The van der Waals surface area contributed by atoms with E-state index in [0.29, 0.717) is 24.4 Å². The van der Waals surface area contributed by atoms with Gasteiger partial charge in [0.1, 0.15) is 16.8 Å². The van der Waals surface area contributed by atoms with E-state index in [9.17, 15) is 9.59 Å². The van der Waals surface area contributed by atoms with Gasteiger partial charge in [-0.2, -0.15) is 0 Å². The number of aromatic nitrogens is 1. The summed E-state index contributed by atoms with van der Waals surface area (Å²) in [5.74, 6) is -0.755. The number of hydrogen-bond acceptors (Lipinski definition) is 6. The van der Waals surface area contributed by atoms with E-state index in [1.54, 1.807) is 18.4 Å². The highest BCUT2D eigenvalue weighted by Gasteiger charge is 2.30. The van der Waals surface area contributed by atoms with Crippen molar-refractivity contribution in [3.05, 3.63) is 69.3 Å². The number of benzene rings is 2. The first-order valence-corrected chi connectivity index (χ1v) is 10.1. The number of pyridine rings is 1. The third-order valence-electron chi connectivity index (χ3n) is 5.73. The molecule has 0 amide bonds. The van der Waals surface area contributed by atoms with E-state index in [0.717, 1.165) is 12.0 Å². The van der Waals surface area contributed by atoms with Crippen LogP contribution in [0.5, 0.6) is 5.75 Å². The lowest BCUT2D eigenvalue weighted by atomic mass is 9.98. The number of oxime groups is 1. The number of anilines is 1. The normalized spacial score (nSPS) is 14.7. The minimum Gasteiger partial charge on any atom is -0.462 e. The van der Waals surface area contributed by atoms with Crippen molar-refractivity contribution in [3.63, 3.8) is 0 Å². The van der Waals surface area contributed by atoms with E-state index in [-0.39, 0.29) is 29.0 Å². The fraction of sp³-hybridized carbons (Fsp3) is 0.261. The number of nitrogens with zero attached hydrogens (tertiary/aromatic N) is 3. The second kappa shape index (κ2) is 7.23. The average Bonchev–Trinajstić information content (AvgIpc) is 2.77. The number of esters is 1. The molecule has 0 saturated carbocycles. The van der Waals surface area contributed by atoms with Crippen LogP contribution >= 0.6 is 0 Å². The van der Waals surface area contributed by atoms with Crippen LogP contribution in [0.4, 0.5) is 10.1 Å². The molecule has 2 aliphatic rings. The summed E-state index contributed by atoms with van der Waals surface area (Å²) >= 11 is 0. The van der Waals surface area contributed by atoms with Crippen molar-refractivity contribution < 1.29 is 18.8 Å². The molecule has 158 valence electrons. The van der Waals surface area contributed by atoms with Gasteiger partial charge in [0.25, 0.3) is 0 Å². The minimum atomic E-state index is -0.754. The third kappa shape index (κ3) is 2.98. The highest BCUT2D eigenvalue weighted by Crippen LogP contribution is 2.41. The maximum atomic E-state index is 15.4. The molecule has 0 bridgehead atoms. The van der Waals surface area contributed by atoms with Crippen molar-refractivity contribution in [2.75, 3.05) is 18.1 Å². The number of carbonyl (C=O) groups is 1. The van der Waals surface area contributed by atoms with Crippen LogP contribution in [-0.2, 0) is 17.7 Å². The lowest BCUT2D eigenvalue weighted by Gasteiger charge is -2.33. The Morgan fingerprint density at radius 3 is 2.84 bits per heavy atom. The second-order valence-electron chi connectivity index (χ2n) is 7.56. The fourth-order valence-electron chi connectivity index (χ4n) is 4.25. The van der Waals surface area contributed by atoms with Crippen molar-refractivity contribution in [3.8, 4) is 5.75 Å². The van der Waals surface area contributed by atoms with Gasteiger partial charge in [-0.15, -0.1) is 0 Å². The molecule has 0 spiro atoms. The monoisotopic (exact) mass is 421 g/mol. The molecule has 0 radical (unpaired) electrons. The van der Waals surface area contributed by atoms with Crippen LogP contribution in [0.2, 0.25) is 0 Å². The molecule has 7 nitrogen and oxygen atoms in total. The largest absolute Gasteiger partial charge is 0.462 e. The van der Waals surface area contributed by atoms with Crippen LogP contribution in [0, 0.1) is 5.82 Å². The van der Waals surface area contributed by atoms with Crippen LogP contribution in [0.25, 0.3) is 10.9 Å². The van der Waals surface area contributed by atoms with E-state index < -0.39 is 17.2 Å². The Balaban J connectivity index is 1.72. The summed E-state index contributed by atoms with van der Waals surface area (Å²) in [4.78, 5) is 32.8. The summed E-state index contributed by atoms with van der Waals surface area (Å²) in [6.45, 7) is 4.58. The predicted octanol–water partition coefficient (Wildman–Crippen LogP) is 3.45. The fourth-order valence-corrected chi connectivity index (χ4v) is 4.25. The molecule has 31 heavy (non-hydrogen) atoms. The molecular formula is C23H20FN3O4. The van der Waals surface area contributed by atoms with Gasteiger partial charge < -0.3 is 14.5 Å². The highest BCUT2D eigenvalue weighted by atomic mass is 19.1. The SMILES string of the molecule is CCOC(=O)c1cn2c3c(c(N4CCc5ccccc5C4)c(F)cc3c1=O)ON=C2C. The molecule has 5 rings (SSSR count). The van der Waals surface area contributed by atoms with Gasteiger partial charge in [-0.1, -0.05) is 29.4 Å². The number of hydrogen-bond donors (Lipinski definition) is 0. The topological polar surface area (TPSA) is 73.1 Å². The second-order valence-corrected chi connectivity index (χ2v) is 7.56. The van der Waals surface area contributed by atoms with E-state index in [4.69, 9.17) is 9.57 Å². The number of carbonyl (C=O) groups excluding carboxylic acids is 1. The first-order chi connectivity index (χ1) is 15.0. The molecule has 0 aliphatic carbocycles. The zero-order valence-corrected chi connectivity index (χ0v) is 17.1. The van der Waals surface area contributed by atoms with E-state index in [2.05, 4.69) is 11.2 Å².